The summed E-state index contributed by atoms with van der Waals surface area (Å²) in [5.41, 5.74) is 12.0. The van der Waals surface area contributed by atoms with Crippen LogP contribution < -0.4 is 9.44 Å². The Hall–Kier alpha value is -3.62. The molecule has 0 atom stereocenters. The average molecular weight is 657 g/mol. The second-order valence-electron chi connectivity index (χ2n) is 13.3. The van der Waals surface area contributed by atoms with E-state index < -0.39 is 20.0 Å². The van der Waals surface area contributed by atoms with Gasteiger partial charge in [-0.2, -0.15) is 0 Å². The van der Waals surface area contributed by atoms with Gasteiger partial charge in [0, 0.05) is 11.1 Å². The van der Waals surface area contributed by atoms with Crippen molar-refractivity contribution >= 4 is 31.4 Å². The summed E-state index contributed by atoms with van der Waals surface area (Å²) >= 11 is 0. The van der Waals surface area contributed by atoms with E-state index >= 15 is 0 Å². The van der Waals surface area contributed by atoms with Crippen LogP contribution in [0.4, 0.5) is 11.4 Å². The van der Waals surface area contributed by atoms with Gasteiger partial charge in [0.2, 0.25) is 0 Å². The molecule has 0 spiro atoms. The van der Waals surface area contributed by atoms with Crippen LogP contribution in [0.25, 0.3) is 11.1 Å². The summed E-state index contributed by atoms with van der Waals surface area (Å²) in [6, 6.07) is 15.4. The first kappa shape index (κ1) is 32.3. The third kappa shape index (κ3) is 5.97. The highest BCUT2D eigenvalue weighted by molar-refractivity contribution is 7.93. The third-order valence-corrected chi connectivity index (χ3v) is 12.9. The van der Waals surface area contributed by atoms with Gasteiger partial charge in [-0.25, -0.2) is 16.8 Å². The Morgan fingerprint density at radius 1 is 0.478 bits per heavy atom. The summed E-state index contributed by atoms with van der Waals surface area (Å²) in [5.74, 6) is 0. The highest BCUT2D eigenvalue weighted by Gasteiger charge is 2.30. The fraction of sp³-hybridized carbons (Fsp3) is 0.368. The molecule has 0 saturated carbocycles. The van der Waals surface area contributed by atoms with Crippen molar-refractivity contribution in [3.05, 3.63) is 104 Å². The van der Waals surface area contributed by atoms with Gasteiger partial charge in [0.15, 0.2) is 0 Å². The molecule has 0 aliphatic heterocycles. The Kier molecular flexibility index (Phi) is 8.57. The van der Waals surface area contributed by atoms with Crippen molar-refractivity contribution < 1.29 is 16.8 Å². The van der Waals surface area contributed by atoms with E-state index in [2.05, 4.69) is 9.44 Å². The van der Waals surface area contributed by atoms with Crippen LogP contribution in [0.2, 0.25) is 0 Å². The lowest BCUT2D eigenvalue weighted by Gasteiger charge is -2.29. The van der Waals surface area contributed by atoms with Gasteiger partial charge >= 0.3 is 0 Å². The zero-order valence-corrected chi connectivity index (χ0v) is 29.4. The molecular formula is C38H44N2O4S2. The number of fused-ring (bicyclic) bond motifs is 2. The fourth-order valence-corrected chi connectivity index (χ4v) is 11.0. The summed E-state index contributed by atoms with van der Waals surface area (Å²) in [6.07, 6.45) is 7.53. The molecule has 4 aromatic carbocycles. The van der Waals surface area contributed by atoms with Crippen molar-refractivity contribution in [2.24, 2.45) is 0 Å². The lowest BCUT2D eigenvalue weighted by molar-refractivity contribution is 0.598. The van der Waals surface area contributed by atoms with Gasteiger partial charge < -0.3 is 0 Å². The predicted molar refractivity (Wildman–Crippen MR) is 188 cm³/mol. The zero-order valence-electron chi connectivity index (χ0n) is 27.7. The van der Waals surface area contributed by atoms with Crippen LogP contribution in [0.15, 0.2) is 58.3 Å². The van der Waals surface area contributed by atoms with Crippen molar-refractivity contribution in [3.63, 3.8) is 0 Å². The molecule has 0 bridgehead atoms. The zero-order chi connectivity index (χ0) is 33.0. The summed E-state index contributed by atoms with van der Waals surface area (Å²) in [6.45, 7) is 11.3. The summed E-state index contributed by atoms with van der Waals surface area (Å²) in [4.78, 5) is 0.561. The van der Waals surface area contributed by atoms with E-state index in [1.165, 1.54) is 11.1 Å². The van der Waals surface area contributed by atoms with Crippen molar-refractivity contribution in [1.29, 1.82) is 0 Å². The molecule has 46 heavy (non-hydrogen) atoms. The van der Waals surface area contributed by atoms with Gasteiger partial charge in [-0.15, -0.1) is 0 Å². The maximum atomic E-state index is 14.2. The third-order valence-electron chi connectivity index (χ3n) is 9.55. The van der Waals surface area contributed by atoms with Crippen LogP contribution in [0, 0.1) is 41.5 Å². The van der Waals surface area contributed by atoms with E-state index in [0.717, 1.165) is 84.7 Å². The summed E-state index contributed by atoms with van der Waals surface area (Å²) in [5, 5.41) is 0. The highest BCUT2D eigenvalue weighted by atomic mass is 32.2. The number of sulfonamides is 2. The minimum absolute atomic E-state index is 0.281. The van der Waals surface area contributed by atoms with E-state index in [4.69, 9.17) is 0 Å². The maximum Gasteiger partial charge on any atom is 0.262 e. The number of benzene rings is 4. The Morgan fingerprint density at radius 3 is 1.15 bits per heavy atom. The Bertz CT molecular complexity index is 1900. The number of hydrogen-bond acceptors (Lipinski definition) is 4. The van der Waals surface area contributed by atoms with Gasteiger partial charge in [-0.3, -0.25) is 9.44 Å². The molecule has 4 aromatic rings. The number of nitrogens with one attached hydrogen (secondary N) is 2. The normalized spacial score (nSPS) is 14.8. The maximum absolute atomic E-state index is 14.2. The summed E-state index contributed by atoms with van der Waals surface area (Å²) < 4.78 is 62.7. The topological polar surface area (TPSA) is 92.3 Å². The molecule has 2 aliphatic rings. The van der Waals surface area contributed by atoms with E-state index in [-0.39, 0.29) is 9.79 Å². The van der Waals surface area contributed by atoms with Gasteiger partial charge in [-0.1, -0.05) is 47.5 Å². The monoisotopic (exact) mass is 656 g/mol. The predicted octanol–water partition coefficient (Wildman–Crippen LogP) is 8.56. The number of anilines is 2. The molecule has 6 nitrogen and oxygen atoms in total. The van der Waals surface area contributed by atoms with E-state index in [1.807, 2.05) is 90.1 Å². The molecule has 0 amide bonds. The highest BCUT2D eigenvalue weighted by Crippen LogP contribution is 2.46. The number of hydrogen-bond donors (Lipinski definition) is 2. The molecular weight excluding hydrogens is 613 g/mol. The SMILES string of the molecule is Cc1cc(C)c(S(=O)(=O)Nc2ccc3c(c2-c2c(NS(=O)(=O)c4c(C)cc(C)cc4C)ccc4c2CCCC4)CCCC3)c(C)c1. The molecule has 8 heteroatoms. The minimum atomic E-state index is -3.96. The molecule has 0 radical (unpaired) electrons. The Labute approximate surface area is 274 Å². The first-order valence-electron chi connectivity index (χ1n) is 16.3. The standard InChI is InChI=1S/C38H44N2O4S2/c1-23-19-25(3)37(26(4)20-23)45(41,42)39-33-17-15-29-11-7-9-13-31(29)35(33)36-32-14-10-8-12-30(32)16-18-34(36)40-46(43,44)38-27(5)21-24(2)22-28(38)6/h15-22,39-40H,7-14H2,1-6H3. The molecule has 242 valence electrons. The first-order valence-corrected chi connectivity index (χ1v) is 19.2. The molecule has 0 aromatic heterocycles. The van der Waals surface area contributed by atoms with E-state index in [9.17, 15) is 16.8 Å². The first-order chi connectivity index (χ1) is 21.8. The van der Waals surface area contributed by atoms with Crippen LogP contribution >= 0.6 is 0 Å². The fourth-order valence-electron chi connectivity index (χ4n) is 7.97. The van der Waals surface area contributed by atoms with E-state index in [1.54, 1.807) is 0 Å². The van der Waals surface area contributed by atoms with Gasteiger partial charge in [0.25, 0.3) is 20.0 Å². The Balaban J connectivity index is 1.59. The molecule has 0 heterocycles. The molecule has 2 aliphatic carbocycles. The second-order valence-corrected chi connectivity index (χ2v) is 16.6. The van der Waals surface area contributed by atoms with Crippen molar-refractivity contribution in [1.82, 2.24) is 0 Å². The molecule has 0 unspecified atom stereocenters. The molecule has 6 rings (SSSR count). The van der Waals surface area contributed by atoms with Crippen molar-refractivity contribution in [2.45, 2.75) is 103 Å². The van der Waals surface area contributed by atoms with Crippen LogP contribution in [0.1, 0.15) is 81.3 Å². The second kappa shape index (κ2) is 12.2. The summed E-state index contributed by atoms with van der Waals surface area (Å²) in [7, 11) is -7.93. The molecule has 2 N–H and O–H groups in total. The van der Waals surface area contributed by atoms with Gasteiger partial charge in [0.1, 0.15) is 0 Å². The van der Waals surface area contributed by atoms with Crippen LogP contribution in [-0.4, -0.2) is 16.8 Å². The van der Waals surface area contributed by atoms with Crippen LogP contribution in [0.3, 0.4) is 0 Å². The Morgan fingerprint density at radius 2 is 0.804 bits per heavy atom. The average Bonchev–Trinajstić information content (AvgIpc) is 2.95. The van der Waals surface area contributed by atoms with Crippen molar-refractivity contribution in [2.75, 3.05) is 9.44 Å². The largest absolute Gasteiger partial charge is 0.279 e. The lowest BCUT2D eigenvalue weighted by Crippen LogP contribution is -2.20. The van der Waals surface area contributed by atoms with Crippen LogP contribution in [0.5, 0.6) is 0 Å². The van der Waals surface area contributed by atoms with Gasteiger partial charge in [0.05, 0.1) is 21.2 Å². The number of rotatable bonds is 7. The van der Waals surface area contributed by atoms with E-state index in [0.29, 0.717) is 33.6 Å². The van der Waals surface area contributed by atoms with Crippen LogP contribution in [-0.2, 0) is 45.7 Å². The molecule has 0 fully saturated rings. The lowest BCUT2D eigenvalue weighted by atomic mass is 9.79. The van der Waals surface area contributed by atoms with Gasteiger partial charge in [-0.05, 0) is 150 Å². The smallest absolute Gasteiger partial charge is 0.262 e. The number of aryl methyl sites for hydroxylation is 8. The minimum Gasteiger partial charge on any atom is -0.279 e. The van der Waals surface area contributed by atoms with Crippen molar-refractivity contribution in [3.8, 4) is 11.1 Å². The molecule has 0 saturated heterocycles. The quantitative estimate of drug-likeness (QED) is 0.209.